The number of nitriles is 1. The van der Waals surface area contributed by atoms with Crippen molar-refractivity contribution in [1.29, 1.82) is 5.26 Å². The Kier molecular flexibility index (Phi) is 6.21. The number of hydrogen-bond acceptors (Lipinski definition) is 5. The van der Waals surface area contributed by atoms with Crippen LogP contribution in [0.15, 0.2) is 47.5 Å². The number of rotatable bonds is 8. The van der Waals surface area contributed by atoms with Crippen molar-refractivity contribution in [2.45, 2.75) is 37.6 Å². The molecule has 0 saturated heterocycles. The molecule has 28 heavy (non-hydrogen) atoms. The molecule has 142 valence electrons. The van der Waals surface area contributed by atoms with Gasteiger partial charge in [0.05, 0.1) is 13.2 Å². The van der Waals surface area contributed by atoms with Gasteiger partial charge in [-0.15, -0.1) is 0 Å². The zero-order valence-corrected chi connectivity index (χ0v) is 15.6. The van der Waals surface area contributed by atoms with Crippen LogP contribution in [0.3, 0.4) is 0 Å². The number of carbonyl (C=O) groups is 1. The third kappa shape index (κ3) is 4.85. The van der Waals surface area contributed by atoms with Crippen LogP contribution in [0, 0.1) is 11.3 Å². The minimum Gasteiger partial charge on any atom is -0.494 e. The summed E-state index contributed by atoms with van der Waals surface area (Å²) in [5, 5.41) is 12.2. The number of amides is 1. The van der Waals surface area contributed by atoms with Crippen molar-refractivity contribution in [2.75, 3.05) is 7.11 Å². The van der Waals surface area contributed by atoms with E-state index in [4.69, 9.17) is 4.74 Å². The molecule has 1 aliphatic carbocycles. The summed E-state index contributed by atoms with van der Waals surface area (Å²) in [6.45, 7) is 0. The van der Waals surface area contributed by atoms with Gasteiger partial charge in [-0.1, -0.05) is 30.3 Å². The van der Waals surface area contributed by atoms with Crippen LogP contribution in [0.2, 0.25) is 0 Å². The van der Waals surface area contributed by atoms with Crippen molar-refractivity contribution in [3.05, 3.63) is 59.2 Å². The fourth-order valence-electron chi connectivity index (χ4n) is 3.08. The Labute approximate surface area is 163 Å². The predicted molar refractivity (Wildman–Crippen MR) is 104 cm³/mol. The van der Waals surface area contributed by atoms with E-state index in [-0.39, 0.29) is 12.3 Å². The lowest BCUT2D eigenvalue weighted by atomic mass is 10.0. The first-order valence-electron chi connectivity index (χ1n) is 9.18. The van der Waals surface area contributed by atoms with Gasteiger partial charge in [0.15, 0.2) is 0 Å². The summed E-state index contributed by atoms with van der Waals surface area (Å²) < 4.78 is 5.20. The quantitative estimate of drug-likeness (QED) is 0.560. The molecular weight excluding hydrogens is 354 g/mol. The number of aryl methyl sites for hydroxylation is 1. The van der Waals surface area contributed by atoms with Gasteiger partial charge in [-0.25, -0.2) is 4.79 Å². The summed E-state index contributed by atoms with van der Waals surface area (Å²) in [7, 11) is 1.49. The van der Waals surface area contributed by atoms with Gasteiger partial charge in [-0.2, -0.15) is 10.3 Å². The van der Waals surface area contributed by atoms with Crippen molar-refractivity contribution >= 4 is 17.7 Å². The zero-order chi connectivity index (χ0) is 19.9. The second kappa shape index (κ2) is 8.98. The lowest BCUT2D eigenvalue weighted by Gasteiger charge is -2.13. The molecule has 6 nitrogen and oxygen atoms in total. The van der Waals surface area contributed by atoms with Gasteiger partial charge in [0.2, 0.25) is 12.0 Å². The van der Waals surface area contributed by atoms with Gasteiger partial charge in [0.1, 0.15) is 17.5 Å². The van der Waals surface area contributed by atoms with Crippen LogP contribution in [0.5, 0.6) is 5.75 Å². The van der Waals surface area contributed by atoms with Gasteiger partial charge in [0, 0.05) is 6.42 Å². The van der Waals surface area contributed by atoms with Crippen LogP contribution in [-0.2, 0) is 16.0 Å². The van der Waals surface area contributed by atoms with Crippen LogP contribution < -0.4 is 10.1 Å². The van der Waals surface area contributed by atoms with Crippen LogP contribution in [0.1, 0.15) is 47.9 Å². The summed E-state index contributed by atoms with van der Waals surface area (Å²) >= 11 is 0. The Morgan fingerprint density at radius 3 is 2.64 bits per heavy atom. The highest BCUT2D eigenvalue weighted by Crippen LogP contribution is 2.40. The molecule has 2 aromatic rings. The third-order valence-electron chi connectivity index (χ3n) is 4.80. The zero-order valence-electron chi connectivity index (χ0n) is 15.6. The van der Waals surface area contributed by atoms with E-state index in [1.807, 2.05) is 24.3 Å². The fourth-order valence-corrected chi connectivity index (χ4v) is 3.08. The number of carbonyl (C=O) groups excluding carboxylic acids is 2. The molecule has 1 unspecified atom stereocenters. The van der Waals surface area contributed by atoms with Gasteiger partial charge in [0.25, 0.3) is 0 Å². The summed E-state index contributed by atoms with van der Waals surface area (Å²) in [6.07, 6.45) is 4.65. The molecule has 1 fully saturated rings. The van der Waals surface area contributed by atoms with E-state index in [0.29, 0.717) is 23.8 Å². The number of nitrogens with one attached hydrogen (secondary N) is 1. The molecule has 1 N–H and O–H groups in total. The second-order valence-electron chi connectivity index (χ2n) is 6.78. The second-order valence-corrected chi connectivity index (χ2v) is 6.78. The molecule has 0 bridgehead atoms. The molecule has 1 atom stereocenters. The van der Waals surface area contributed by atoms with E-state index in [1.165, 1.54) is 31.6 Å². The molecule has 0 aliphatic heterocycles. The van der Waals surface area contributed by atoms with Gasteiger partial charge in [-0.3, -0.25) is 4.79 Å². The Balaban J connectivity index is 1.58. The molecule has 1 aliphatic rings. The van der Waals surface area contributed by atoms with Crippen LogP contribution >= 0.6 is 0 Å². The van der Waals surface area contributed by atoms with Gasteiger partial charge in [-0.05, 0) is 54.0 Å². The van der Waals surface area contributed by atoms with Gasteiger partial charge < -0.3 is 10.1 Å². The monoisotopic (exact) mass is 375 g/mol. The van der Waals surface area contributed by atoms with Crippen molar-refractivity contribution < 1.29 is 14.3 Å². The van der Waals surface area contributed by atoms with E-state index in [1.54, 1.807) is 18.2 Å². The molecule has 0 heterocycles. The summed E-state index contributed by atoms with van der Waals surface area (Å²) in [5.41, 5.74) is 3.35. The van der Waals surface area contributed by atoms with E-state index in [2.05, 4.69) is 16.4 Å². The lowest BCUT2D eigenvalue weighted by molar-refractivity contribution is -0.121. The highest BCUT2D eigenvalue weighted by Gasteiger charge is 2.23. The van der Waals surface area contributed by atoms with E-state index >= 15 is 0 Å². The third-order valence-corrected chi connectivity index (χ3v) is 4.80. The van der Waals surface area contributed by atoms with Crippen molar-refractivity contribution in [3.63, 3.8) is 0 Å². The maximum Gasteiger partial charge on any atom is 0.240 e. The smallest absolute Gasteiger partial charge is 0.240 e. The van der Waals surface area contributed by atoms with Crippen LogP contribution in [0.25, 0.3) is 0 Å². The Morgan fingerprint density at radius 1 is 1.29 bits per heavy atom. The molecular formula is C22H21N3O3. The number of benzene rings is 2. The minimum absolute atomic E-state index is 0.202. The molecule has 2 aromatic carbocycles. The summed E-state index contributed by atoms with van der Waals surface area (Å²) in [6, 6.07) is 14.6. The van der Waals surface area contributed by atoms with Crippen LogP contribution in [0.4, 0.5) is 5.69 Å². The van der Waals surface area contributed by atoms with E-state index < -0.39 is 6.04 Å². The number of aliphatic imine (C=N–C) groups is 1. The predicted octanol–water partition coefficient (Wildman–Crippen LogP) is 3.85. The minimum atomic E-state index is -0.667. The average molecular weight is 375 g/mol. The van der Waals surface area contributed by atoms with E-state index in [9.17, 15) is 14.9 Å². The first-order valence-corrected chi connectivity index (χ1v) is 9.18. The number of methoxy groups -OCH3 is 1. The van der Waals surface area contributed by atoms with Crippen molar-refractivity contribution in [3.8, 4) is 11.8 Å². The van der Waals surface area contributed by atoms with Crippen molar-refractivity contribution in [2.24, 2.45) is 4.99 Å². The molecule has 0 radical (unpaired) electrons. The Hall–Kier alpha value is -3.42. The highest BCUT2D eigenvalue weighted by molar-refractivity contribution is 5.77. The highest BCUT2D eigenvalue weighted by atomic mass is 16.5. The first-order chi connectivity index (χ1) is 13.6. The SMILES string of the molecule is COc1cc(CCC(=O)NC(C#N)c2ccc(C3CC3)cc2)ccc1N=C=O. The maximum absolute atomic E-state index is 12.3. The number of nitrogens with zero attached hydrogens (tertiary/aromatic N) is 2. The average Bonchev–Trinajstić information content (AvgIpc) is 3.57. The topological polar surface area (TPSA) is 91.5 Å². The molecule has 1 saturated carbocycles. The summed E-state index contributed by atoms with van der Waals surface area (Å²) in [5.74, 6) is 0.906. The maximum atomic E-state index is 12.3. The lowest BCUT2D eigenvalue weighted by Crippen LogP contribution is -2.27. The normalized spacial score (nSPS) is 13.7. The standard InChI is InChI=1S/C22H21N3O3/c1-28-21-12-15(2-10-19(21)24-14-26)3-11-22(27)25-20(13-23)18-8-6-17(7-9-18)16-4-5-16/h2,6-10,12,16,20H,3-5,11H2,1H3,(H,25,27). The van der Waals surface area contributed by atoms with Gasteiger partial charge >= 0.3 is 0 Å². The molecule has 0 aromatic heterocycles. The molecule has 0 spiro atoms. The molecule has 6 heteroatoms. The molecule has 3 rings (SSSR count). The molecule has 1 amide bonds. The largest absolute Gasteiger partial charge is 0.494 e. The number of isocyanates is 1. The number of ether oxygens (including phenoxy) is 1. The van der Waals surface area contributed by atoms with Crippen LogP contribution in [-0.4, -0.2) is 19.1 Å². The first kappa shape index (κ1) is 19.3. The fraction of sp³-hybridized carbons (Fsp3) is 0.318. The van der Waals surface area contributed by atoms with E-state index in [0.717, 1.165) is 11.1 Å². The van der Waals surface area contributed by atoms with Crippen molar-refractivity contribution in [1.82, 2.24) is 5.32 Å². The number of hydrogen-bond donors (Lipinski definition) is 1. The Morgan fingerprint density at radius 2 is 2.04 bits per heavy atom. The Bertz CT molecular complexity index is 936. The summed E-state index contributed by atoms with van der Waals surface area (Å²) in [4.78, 5) is 26.3.